The number of aromatic nitrogens is 2. The lowest BCUT2D eigenvalue weighted by Gasteiger charge is -2.30. The zero-order valence-corrected chi connectivity index (χ0v) is 15.5. The number of ether oxygens (including phenoxy) is 1. The molecule has 0 bridgehead atoms. The maximum atomic E-state index is 13.1. The summed E-state index contributed by atoms with van der Waals surface area (Å²) < 4.78 is 20.5. The van der Waals surface area contributed by atoms with Crippen LogP contribution < -0.4 is 5.32 Å². The van der Waals surface area contributed by atoms with Crippen molar-refractivity contribution >= 4 is 6.09 Å². The molecule has 1 aliphatic carbocycles. The van der Waals surface area contributed by atoms with Gasteiger partial charge in [0.2, 0.25) is 0 Å². The van der Waals surface area contributed by atoms with E-state index >= 15 is 0 Å². The predicted octanol–water partition coefficient (Wildman–Crippen LogP) is 4.70. The summed E-state index contributed by atoms with van der Waals surface area (Å²) in [6, 6.07) is 6.89. The number of carbonyl (C=O) groups excluding carboxylic acids is 1. The first kappa shape index (κ1) is 18.4. The number of hydrogen-bond acceptors (Lipinski definition) is 3. The van der Waals surface area contributed by atoms with Crippen molar-refractivity contribution in [2.75, 3.05) is 0 Å². The minimum absolute atomic E-state index is 0.154. The van der Waals surface area contributed by atoms with Crippen LogP contribution in [-0.4, -0.2) is 27.3 Å². The second-order valence-corrected chi connectivity index (χ2v) is 7.86. The number of benzene rings is 1. The van der Waals surface area contributed by atoms with Crippen molar-refractivity contribution in [2.45, 2.75) is 64.1 Å². The second-order valence-electron chi connectivity index (χ2n) is 7.86. The van der Waals surface area contributed by atoms with Crippen molar-refractivity contribution in [1.29, 1.82) is 0 Å². The molecule has 1 saturated carbocycles. The third kappa shape index (κ3) is 4.84. The van der Waals surface area contributed by atoms with Crippen LogP contribution in [0.5, 0.6) is 0 Å². The summed E-state index contributed by atoms with van der Waals surface area (Å²) in [5.41, 5.74) is 1.28. The van der Waals surface area contributed by atoms with Gasteiger partial charge in [-0.2, -0.15) is 0 Å². The van der Waals surface area contributed by atoms with Gasteiger partial charge in [-0.05, 0) is 70.7 Å². The molecule has 0 aliphatic heterocycles. The van der Waals surface area contributed by atoms with Gasteiger partial charge in [0, 0.05) is 23.8 Å². The molecule has 0 atom stereocenters. The lowest BCUT2D eigenvalue weighted by Crippen LogP contribution is -2.41. The quantitative estimate of drug-likeness (QED) is 0.864. The van der Waals surface area contributed by atoms with Gasteiger partial charge in [-0.25, -0.2) is 14.2 Å². The highest BCUT2D eigenvalue weighted by Gasteiger charge is 2.25. The van der Waals surface area contributed by atoms with Gasteiger partial charge in [-0.1, -0.05) is 0 Å². The Labute approximate surface area is 153 Å². The molecule has 1 aromatic carbocycles. The Kier molecular flexibility index (Phi) is 5.30. The van der Waals surface area contributed by atoms with Crippen LogP contribution in [0.25, 0.3) is 11.3 Å². The van der Waals surface area contributed by atoms with Crippen LogP contribution in [0.4, 0.5) is 9.18 Å². The van der Waals surface area contributed by atoms with E-state index in [4.69, 9.17) is 4.74 Å². The van der Waals surface area contributed by atoms with E-state index in [0.29, 0.717) is 6.04 Å². The summed E-state index contributed by atoms with van der Waals surface area (Å²) in [7, 11) is 0. The van der Waals surface area contributed by atoms with Crippen LogP contribution in [0, 0.1) is 5.82 Å². The number of nitrogens with one attached hydrogen (secondary N) is 1. The lowest BCUT2D eigenvalue weighted by atomic mass is 9.91. The maximum absolute atomic E-state index is 13.1. The van der Waals surface area contributed by atoms with Gasteiger partial charge >= 0.3 is 6.09 Å². The summed E-state index contributed by atoms with van der Waals surface area (Å²) in [4.78, 5) is 16.3. The average Bonchev–Trinajstić information content (AvgIpc) is 3.04. The molecule has 1 aromatic heterocycles. The molecule has 1 aliphatic rings. The van der Waals surface area contributed by atoms with Crippen LogP contribution in [0.2, 0.25) is 0 Å². The molecule has 1 N–H and O–H groups in total. The van der Waals surface area contributed by atoms with Gasteiger partial charge in [0.05, 0.1) is 12.0 Å². The van der Waals surface area contributed by atoms with E-state index in [2.05, 4.69) is 14.9 Å². The fraction of sp³-hybridized carbons (Fsp3) is 0.500. The van der Waals surface area contributed by atoms with E-state index in [-0.39, 0.29) is 18.0 Å². The molecule has 1 amide bonds. The van der Waals surface area contributed by atoms with Crippen molar-refractivity contribution in [3.8, 4) is 11.3 Å². The van der Waals surface area contributed by atoms with Crippen molar-refractivity contribution in [2.24, 2.45) is 0 Å². The molecule has 0 radical (unpaired) electrons. The zero-order chi connectivity index (χ0) is 18.7. The monoisotopic (exact) mass is 359 g/mol. The maximum Gasteiger partial charge on any atom is 0.407 e. The average molecular weight is 359 g/mol. The molecular formula is C20H26FN3O2. The number of nitrogens with zero attached hydrogens (tertiary/aromatic N) is 2. The number of alkyl carbamates (subject to hydrolysis) is 1. The van der Waals surface area contributed by atoms with E-state index < -0.39 is 5.60 Å². The number of carbonyl (C=O) groups is 1. The lowest BCUT2D eigenvalue weighted by molar-refractivity contribution is 0.0488. The van der Waals surface area contributed by atoms with Crippen LogP contribution in [0.15, 0.2) is 36.8 Å². The smallest absolute Gasteiger partial charge is 0.407 e. The first-order valence-electron chi connectivity index (χ1n) is 9.09. The van der Waals surface area contributed by atoms with E-state index in [9.17, 15) is 9.18 Å². The number of hydrogen-bond donors (Lipinski definition) is 1. The van der Waals surface area contributed by atoms with Crippen LogP contribution in [0.3, 0.4) is 0 Å². The Hall–Kier alpha value is -2.37. The highest BCUT2D eigenvalue weighted by Crippen LogP contribution is 2.30. The normalized spacial score (nSPS) is 20.6. The highest BCUT2D eigenvalue weighted by molar-refractivity contribution is 5.68. The van der Waals surface area contributed by atoms with E-state index in [1.807, 2.05) is 33.3 Å². The van der Waals surface area contributed by atoms with E-state index in [1.54, 1.807) is 12.1 Å². The minimum atomic E-state index is -0.477. The molecule has 0 unspecified atom stereocenters. The number of rotatable bonds is 3. The van der Waals surface area contributed by atoms with Crippen molar-refractivity contribution < 1.29 is 13.9 Å². The minimum Gasteiger partial charge on any atom is -0.444 e. The Bertz CT molecular complexity index is 741. The molecule has 140 valence electrons. The third-order valence-electron chi connectivity index (χ3n) is 4.58. The van der Waals surface area contributed by atoms with E-state index in [1.165, 1.54) is 12.1 Å². The summed E-state index contributed by atoms with van der Waals surface area (Å²) in [5, 5.41) is 2.96. The molecule has 2 aromatic rings. The van der Waals surface area contributed by atoms with E-state index in [0.717, 1.165) is 36.9 Å². The van der Waals surface area contributed by atoms with Crippen LogP contribution in [-0.2, 0) is 4.74 Å². The third-order valence-corrected chi connectivity index (χ3v) is 4.58. The molecule has 1 fully saturated rings. The summed E-state index contributed by atoms with van der Waals surface area (Å²) in [6.45, 7) is 5.59. The Balaban J connectivity index is 1.54. The fourth-order valence-electron chi connectivity index (χ4n) is 3.30. The number of imidazole rings is 1. The molecule has 1 heterocycles. The number of halogens is 1. The first-order chi connectivity index (χ1) is 12.3. The second kappa shape index (κ2) is 7.48. The Morgan fingerprint density at radius 2 is 1.85 bits per heavy atom. The molecule has 0 spiro atoms. The number of amides is 1. The molecule has 26 heavy (non-hydrogen) atoms. The SMILES string of the molecule is CC(C)(C)OC(=O)N[C@H]1CC[C@@H](n2cnc(-c3ccc(F)cc3)c2)CC1. The van der Waals surface area contributed by atoms with Gasteiger partial charge in [-0.15, -0.1) is 0 Å². The van der Waals surface area contributed by atoms with Gasteiger partial charge in [0.25, 0.3) is 0 Å². The zero-order valence-electron chi connectivity index (χ0n) is 15.5. The van der Waals surface area contributed by atoms with Crippen molar-refractivity contribution in [3.05, 3.63) is 42.6 Å². The summed E-state index contributed by atoms with van der Waals surface area (Å²) >= 11 is 0. The molecule has 3 rings (SSSR count). The standard InChI is InChI=1S/C20H26FN3O2/c1-20(2,3)26-19(25)23-16-8-10-17(11-9-16)24-12-18(22-13-24)14-4-6-15(21)7-5-14/h4-7,12-13,16-17H,8-11H2,1-3H3,(H,23,25)/t16-,17+. The fourth-order valence-corrected chi connectivity index (χ4v) is 3.30. The van der Waals surface area contributed by atoms with Crippen molar-refractivity contribution in [1.82, 2.24) is 14.9 Å². The molecule has 6 heteroatoms. The predicted molar refractivity (Wildman–Crippen MR) is 98.3 cm³/mol. The topological polar surface area (TPSA) is 56.1 Å². The first-order valence-corrected chi connectivity index (χ1v) is 9.09. The van der Waals surface area contributed by atoms with Gasteiger partial charge in [0.15, 0.2) is 0 Å². The Morgan fingerprint density at radius 1 is 1.19 bits per heavy atom. The largest absolute Gasteiger partial charge is 0.444 e. The highest BCUT2D eigenvalue weighted by atomic mass is 19.1. The van der Waals surface area contributed by atoms with Crippen LogP contribution in [0.1, 0.15) is 52.5 Å². The van der Waals surface area contributed by atoms with Gasteiger partial charge in [-0.3, -0.25) is 0 Å². The van der Waals surface area contributed by atoms with Crippen molar-refractivity contribution in [3.63, 3.8) is 0 Å². The summed E-state index contributed by atoms with van der Waals surface area (Å²) in [5.74, 6) is -0.246. The summed E-state index contributed by atoms with van der Waals surface area (Å²) in [6.07, 6.45) is 7.27. The van der Waals surface area contributed by atoms with Gasteiger partial charge in [0.1, 0.15) is 11.4 Å². The van der Waals surface area contributed by atoms with Crippen LogP contribution >= 0.6 is 0 Å². The van der Waals surface area contributed by atoms with Gasteiger partial charge < -0.3 is 14.6 Å². The Morgan fingerprint density at radius 3 is 2.46 bits per heavy atom. The molecule has 0 saturated heterocycles. The molecular weight excluding hydrogens is 333 g/mol. The molecule has 5 nitrogen and oxygen atoms in total.